The Hall–Kier alpha value is -5.11. The highest BCUT2D eigenvalue weighted by molar-refractivity contribution is 7.18. The maximum absolute atomic E-state index is 13.7. The predicted octanol–water partition coefficient (Wildman–Crippen LogP) is 6.65. The van der Waals surface area contributed by atoms with E-state index in [0.717, 1.165) is 11.1 Å². The zero-order chi connectivity index (χ0) is 30.2. The van der Waals surface area contributed by atoms with Gasteiger partial charge in [0.05, 0.1) is 39.0 Å². The number of hydrogen-bond donors (Lipinski definition) is 1. The number of nitrogens with zero attached hydrogens (tertiary/aromatic N) is 5. The highest BCUT2D eigenvalue weighted by Gasteiger charge is 2.20. The molecule has 4 heterocycles. The molecule has 212 valence electrons. The number of hydrogen-bond acceptors (Lipinski definition) is 8. The Morgan fingerprint density at radius 1 is 1.09 bits per heavy atom. The highest BCUT2D eigenvalue weighted by atomic mass is 35.5. The molecule has 43 heavy (non-hydrogen) atoms. The monoisotopic (exact) mass is 607 g/mol. The zero-order valence-electron chi connectivity index (χ0n) is 23.0. The zero-order valence-corrected chi connectivity index (χ0v) is 24.5. The third-order valence-electron chi connectivity index (χ3n) is 7.03. The fraction of sp³-hybridized carbons (Fsp3) is 0.125. The molecule has 6 rings (SSSR count). The fourth-order valence-electron chi connectivity index (χ4n) is 5.06. The molecule has 0 aliphatic carbocycles. The molecule has 0 fully saturated rings. The van der Waals surface area contributed by atoms with Crippen LogP contribution in [0.3, 0.4) is 0 Å². The molecule has 1 N–H and O–H groups in total. The third-order valence-corrected chi connectivity index (χ3v) is 8.27. The van der Waals surface area contributed by atoms with Crippen molar-refractivity contribution >= 4 is 50.0 Å². The first-order chi connectivity index (χ1) is 20.8. The van der Waals surface area contributed by atoms with E-state index in [9.17, 15) is 20.0 Å². The van der Waals surface area contributed by atoms with Crippen LogP contribution in [0.15, 0.2) is 71.0 Å². The van der Waals surface area contributed by atoms with Crippen molar-refractivity contribution in [3.8, 4) is 34.2 Å². The van der Waals surface area contributed by atoms with Crippen LogP contribution in [0, 0.1) is 25.2 Å². The van der Waals surface area contributed by atoms with Crippen molar-refractivity contribution in [2.45, 2.75) is 20.4 Å². The van der Waals surface area contributed by atoms with Crippen molar-refractivity contribution in [1.82, 2.24) is 19.5 Å². The first-order valence-electron chi connectivity index (χ1n) is 13.2. The summed E-state index contributed by atoms with van der Waals surface area (Å²) >= 11 is 7.67. The standard InChI is InChI=1S/C32H22ClN5O4S/c1-17-12-23(30-28(36-17)24(16-43-30)32(40)41)22-13-21(33)8-9-25(22)42-11-10-38-18(2)37-29-26(31(38)39)20(14-34)15-35-27(29)19-6-4-3-5-7-19/h3-9,12-13,15-16H,10-11H2,1-2H3,(H,40,41). The molecule has 0 aliphatic rings. The van der Waals surface area contributed by atoms with Gasteiger partial charge in [-0.05, 0) is 38.1 Å². The largest absolute Gasteiger partial charge is 0.491 e. The van der Waals surface area contributed by atoms with Gasteiger partial charge in [0.15, 0.2) is 0 Å². The van der Waals surface area contributed by atoms with Gasteiger partial charge in [0.25, 0.3) is 5.56 Å². The summed E-state index contributed by atoms with van der Waals surface area (Å²) in [5.41, 5.74) is 4.10. The molecule has 0 bridgehead atoms. The van der Waals surface area contributed by atoms with E-state index < -0.39 is 5.97 Å². The summed E-state index contributed by atoms with van der Waals surface area (Å²) in [6.45, 7) is 3.80. The van der Waals surface area contributed by atoms with E-state index in [4.69, 9.17) is 21.3 Å². The lowest BCUT2D eigenvalue weighted by Crippen LogP contribution is -2.27. The topological polar surface area (TPSA) is 131 Å². The molecule has 0 atom stereocenters. The summed E-state index contributed by atoms with van der Waals surface area (Å²) < 4.78 is 8.40. The fourth-order valence-corrected chi connectivity index (χ4v) is 6.24. The number of carbonyl (C=O) groups is 1. The lowest BCUT2D eigenvalue weighted by Gasteiger charge is -2.16. The number of aromatic nitrogens is 4. The van der Waals surface area contributed by atoms with Crippen molar-refractivity contribution in [2.75, 3.05) is 6.61 Å². The van der Waals surface area contributed by atoms with Crippen LogP contribution in [0.5, 0.6) is 5.75 Å². The number of pyridine rings is 2. The van der Waals surface area contributed by atoms with Gasteiger partial charge in [0.2, 0.25) is 0 Å². The van der Waals surface area contributed by atoms with Crippen LogP contribution in [0.1, 0.15) is 27.4 Å². The Morgan fingerprint density at radius 2 is 1.88 bits per heavy atom. The second kappa shape index (κ2) is 11.3. The molecule has 0 unspecified atom stereocenters. The van der Waals surface area contributed by atoms with Gasteiger partial charge in [-0.15, -0.1) is 11.3 Å². The molecule has 0 amide bonds. The number of halogens is 1. The first kappa shape index (κ1) is 28.0. The summed E-state index contributed by atoms with van der Waals surface area (Å²) in [4.78, 5) is 39.1. The predicted molar refractivity (Wildman–Crippen MR) is 166 cm³/mol. The van der Waals surface area contributed by atoms with Gasteiger partial charge >= 0.3 is 5.97 Å². The highest BCUT2D eigenvalue weighted by Crippen LogP contribution is 2.40. The molecule has 0 radical (unpaired) electrons. The van der Waals surface area contributed by atoms with E-state index in [1.165, 1.54) is 22.1 Å². The van der Waals surface area contributed by atoms with E-state index in [1.54, 1.807) is 37.4 Å². The Kier molecular flexibility index (Phi) is 7.36. The van der Waals surface area contributed by atoms with Gasteiger partial charge in [-0.25, -0.2) is 9.78 Å². The van der Waals surface area contributed by atoms with Crippen molar-refractivity contribution in [1.29, 1.82) is 5.26 Å². The van der Waals surface area contributed by atoms with Gasteiger partial charge in [0.1, 0.15) is 29.8 Å². The Bertz CT molecular complexity index is 2170. The second-order valence-corrected chi connectivity index (χ2v) is 11.1. The summed E-state index contributed by atoms with van der Waals surface area (Å²) in [6, 6.07) is 18.5. The maximum atomic E-state index is 13.7. The van der Waals surface area contributed by atoms with Crippen LogP contribution in [-0.2, 0) is 6.54 Å². The normalized spacial score (nSPS) is 11.1. The quantitative estimate of drug-likeness (QED) is 0.213. The number of aryl methyl sites for hydroxylation is 2. The van der Waals surface area contributed by atoms with Gasteiger partial charge < -0.3 is 9.84 Å². The SMILES string of the molecule is Cc1cc(-c2cc(Cl)ccc2OCCn2c(C)nc3c(-c4ccccc4)ncc(C#N)c3c2=O)c2scc(C(=O)O)c2n1. The number of nitriles is 1. The average molecular weight is 608 g/mol. The molecule has 0 aliphatic heterocycles. The van der Waals surface area contributed by atoms with Gasteiger partial charge in [-0.1, -0.05) is 41.9 Å². The molecular weight excluding hydrogens is 586 g/mol. The van der Waals surface area contributed by atoms with Crippen molar-refractivity contribution < 1.29 is 14.6 Å². The van der Waals surface area contributed by atoms with E-state index >= 15 is 0 Å². The summed E-state index contributed by atoms with van der Waals surface area (Å²) in [5.74, 6) is -0.0824. The third kappa shape index (κ3) is 5.09. The van der Waals surface area contributed by atoms with E-state index in [1.807, 2.05) is 36.4 Å². The van der Waals surface area contributed by atoms with Crippen LogP contribution in [-0.4, -0.2) is 37.2 Å². The van der Waals surface area contributed by atoms with Crippen molar-refractivity contribution in [3.05, 3.63) is 104 Å². The number of aromatic carboxylic acids is 1. The summed E-state index contributed by atoms with van der Waals surface area (Å²) in [6.07, 6.45) is 1.40. The van der Waals surface area contributed by atoms with Gasteiger partial charge in [-0.2, -0.15) is 5.26 Å². The number of carboxylic acids is 1. The van der Waals surface area contributed by atoms with Crippen LogP contribution >= 0.6 is 22.9 Å². The number of thiophene rings is 1. The average Bonchev–Trinajstić information content (AvgIpc) is 3.43. The molecule has 0 spiro atoms. The molecule has 4 aromatic heterocycles. The number of fused-ring (bicyclic) bond motifs is 2. The van der Waals surface area contributed by atoms with Crippen LogP contribution in [0.4, 0.5) is 0 Å². The molecule has 11 heteroatoms. The van der Waals surface area contributed by atoms with Crippen LogP contribution in [0.2, 0.25) is 5.02 Å². The van der Waals surface area contributed by atoms with Crippen LogP contribution < -0.4 is 10.3 Å². The van der Waals surface area contributed by atoms with E-state index in [0.29, 0.717) is 49.3 Å². The summed E-state index contributed by atoms with van der Waals surface area (Å²) in [5, 5.41) is 21.6. The lowest BCUT2D eigenvalue weighted by molar-refractivity contribution is 0.0699. The maximum Gasteiger partial charge on any atom is 0.338 e. The Morgan fingerprint density at radius 3 is 2.63 bits per heavy atom. The van der Waals surface area contributed by atoms with E-state index in [-0.39, 0.29) is 35.2 Å². The number of ether oxygens (including phenoxy) is 1. The van der Waals surface area contributed by atoms with Gasteiger partial charge in [-0.3, -0.25) is 19.3 Å². The minimum Gasteiger partial charge on any atom is -0.491 e. The molecule has 0 saturated carbocycles. The van der Waals surface area contributed by atoms with Gasteiger partial charge in [0, 0.05) is 39.0 Å². The van der Waals surface area contributed by atoms with Crippen LogP contribution in [0.25, 0.3) is 43.5 Å². The summed E-state index contributed by atoms with van der Waals surface area (Å²) in [7, 11) is 0. The number of rotatable bonds is 7. The number of benzene rings is 2. The minimum absolute atomic E-state index is 0.110. The Labute approximate surface area is 254 Å². The Balaban J connectivity index is 1.37. The van der Waals surface area contributed by atoms with Crippen molar-refractivity contribution in [3.63, 3.8) is 0 Å². The van der Waals surface area contributed by atoms with E-state index in [2.05, 4.69) is 16.0 Å². The second-order valence-electron chi connectivity index (χ2n) is 9.77. The smallest absolute Gasteiger partial charge is 0.338 e. The molecular formula is C32H22ClN5O4S. The molecule has 9 nitrogen and oxygen atoms in total. The van der Waals surface area contributed by atoms with Crippen molar-refractivity contribution in [2.24, 2.45) is 0 Å². The first-order valence-corrected chi connectivity index (χ1v) is 14.4. The molecule has 6 aromatic rings. The molecule has 2 aromatic carbocycles. The number of carboxylic acid groups (broad SMARTS) is 1. The lowest BCUT2D eigenvalue weighted by atomic mass is 10.0. The molecule has 0 saturated heterocycles. The minimum atomic E-state index is -1.05.